The lowest BCUT2D eigenvalue weighted by Crippen LogP contribution is -1.97. The minimum Gasteiger partial charge on any atom is -0.298 e. The van der Waals surface area contributed by atoms with Gasteiger partial charge < -0.3 is 0 Å². The molecular formula is C16H8ClF3N2O. The second-order valence-electron chi connectivity index (χ2n) is 4.72. The summed E-state index contributed by atoms with van der Waals surface area (Å²) < 4.78 is 41.0. The molecular weight excluding hydrogens is 329 g/mol. The Morgan fingerprint density at radius 1 is 0.957 bits per heavy atom. The molecule has 3 aromatic rings. The summed E-state index contributed by atoms with van der Waals surface area (Å²) in [6, 6.07) is 8.04. The first kappa shape index (κ1) is 15.3. The van der Waals surface area contributed by atoms with Gasteiger partial charge in [-0.25, -0.2) is 17.9 Å². The van der Waals surface area contributed by atoms with E-state index < -0.39 is 17.5 Å². The number of hydrogen-bond acceptors (Lipinski definition) is 2. The zero-order valence-electron chi connectivity index (χ0n) is 11.4. The minimum atomic E-state index is -0.802. The van der Waals surface area contributed by atoms with Gasteiger partial charge >= 0.3 is 0 Å². The smallest absolute Gasteiger partial charge is 0.155 e. The molecule has 0 amide bonds. The van der Waals surface area contributed by atoms with Crippen molar-refractivity contribution in [2.24, 2.45) is 0 Å². The maximum Gasteiger partial charge on any atom is 0.155 e. The van der Waals surface area contributed by atoms with E-state index in [0.717, 1.165) is 12.1 Å². The Kier molecular flexibility index (Phi) is 3.92. The van der Waals surface area contributed by atoms with Crippen LogP contribution in [0.15, 0.2) is 42.5 Å². The Balaban J connectivity index is 2.20. The second kappa shape index (κ2) is 5.89. The molecule has 0 radical (unpaired) electrons. The lowest BCUT2D eigenvalue weighted by molar-refractivity contribution is 0.112. The Labute approximate surface area is 133 Å². The van der Waals surface area contributed by atoms with Crippen molar-refractivity contribution < 1.29 is 18.0 Å². The summed E-state index contributed by atoms with van der Waals surface area (Å²) in [6.45, 7) is 0. The van der Waals surface area contributed by atoms with Crippen LogP contribution in [0.5, 0.6) is 0 Å². The highest BCUT2D eigenvalue weighted by molar-refractivity contribution is 6.32. The zero-order valence-corrected chi connectivity index (χ0v) is 12.2. The van der Waals surface area contributed by atoms with Crippen molar-refractivity contribution in [3.8, 4) is 16.9 Å². The second-order valence-corrected chi connectivity index (χ2v) is 5.08. The third kappa shape index (κ3) is 2.85. The molecule has 23 heavy (non-hydrogen) atoms. The van der Waals surface area contributed by atoms with Gasteiger partial charge in [-0.1, -0.05) is 11.6 Å². The van der Waals surface area contributed by atoms with Crippen LogP contribution in [0, 0.1) is 17.5 Å². The summed E-state index contributed by atoms with van der Waals surface area (Å²) in [7, 11) is 0. The average molecular weight is 337 g/mol. The Hall–Kier alpha value is -2.60. The quantitative estimate of drug-likeness (QED) is 0.663. The number of benzene rings is 2. The van der Waals surface area contributed by atoms with Crippen LogP contribution >= 0.6 is 11.6 Å². The van der Waals surface area contributed by atoms with Crippen molar-refractivity contribution in [2.75, 3.05) is 0 Å². The van der Waals surface area contributed by atoms with E-state index >= 15 is 0 Å². The number of halogens is 4. The van der Waals surface area contributed by atoms with Crippen LogP contribution < -0.4 is 0 Å². The fourth-order valence-corrected chi connectivity index (χ4v) is 2.44. The normalized spacial score (nSPS) is 10.8. The van der Waals surface area contributed by atoms with E-state index in [1.165, 1.54) is 28.9 Å². The van der Waals surface area contributed by atoms with Crippen LogP contribution in [0.3, 0.4) is 0 Å². The summed E-state index contributed by atoms with van der Waals surface area (Å²) in [4.78, 5) is 11.3. The first-order valence-corrected chi connectivity index (χ1v) is 6.83. The molecule has 0 saturated carbocycles. The highest BCUT2D eigenvalue weighted by Crippen LogP contribution is 2.30. The number of rotatable bonds is 3. The molecule has 0 aliphatic heterocycles. The van der Waals surface area contributed by atoms with Gasteiger partial charge in [0.1, 0.15) is 28.3 Å². The third-order valence-corrected chi connectivity index (χ3v) is 3.55. The van der Waals surface area contributed by atoms with Gasteiger partial charge in [-0.05, 0) is 36.4 Å². The molecule has 0 saturated heterocycles. The molecule has 3 nitrogen and oxygen atoms in total. The molecule has 0 N–H and O–H groups in total. The van der Waals surface area contributed by atoms with Crippen LogP contribution in [0.4, 0.5) is 13.2 Å². The lowest BCUT2D eigenvalue weighted by atomic mass is 10.1. The average Bonchev–Trinajstić information content (AvgIpc) is 2.84. The third-order valence-electron chi connectivity index (χ3n) is 3.19. The fraction of sp³-hybridized carbons (Fsp3) is 0. The van der Waals surface area contributed by atoms with Crippen molar-refractivity contribution in [2.45, 2.75) is 0 Å². The van der Waals surface area contributed by atoms with Crippen LogP contribution in [-0.4, -0.2) is 16.1 Å². The number of carbonyl (C=O) groups is 1. The minimum absolute atomic E-state index is 0.0130. The van der Waals surface area contributed by atoms with E-state index in [1.807, 2.05) is 0 Å². The molecule has 7 heteroatoms. The molecule has 0 aliphatic carbocycles. The van der Waals surface area contributed by atoms with E-state index in [9.17, 15) is 18.0 Å². The van der Waals surface area contributed by atoms with Crippen LogP contribution in [0.1, 0.15) is 10.4 Å². The van der Waals surface area contributed by atoms with Gasteiger partial charge in [0, 0.05) is 11.6 Å². The maximum atomic E-state index is 13.4. The number of nitrogens with zero attached hydrogens (tertiary/aromatic N) is 2. The van der Waals surface area contributed by atoms with Gasteiger partial charge in [0.15, 0.2) is 6.29 Å². The van der Waals surface area contributed by atoms with Gasteiger partial charge in [0.25, 0.3) is 0 Å². The molecule has 0 spiro atoms. The summed E-state index contributed by atoms with van der Waals surface area (Å²) in [5, 5.41) is 4.09. The summed E-state index contributed by atoms with van der Waals surface area (Å²) >= 11 is 6.12. The largest absolute Gasteiger partial charge is 0.298 e. The number of hydrogen-bond donors (Lipinski definition) is 0. The van der Waals surface area contributed by atoms with Crippen molar-refractivity contribution in [3.05, 3.63) is 70.6 Å². The number of aldehydes is 1. The Morgan fingerprint density at radius 3 is 2.13 bits per heavy atom. The van der Waals surface area contributed by atoms with Gasteiger partial charge in [0.05, 0.1) is 11.3 Å². The monoisotopic (exact) mass is 336 g/mol. The molecule has 0 bridgehead atoms. The topological polar surface area (TPSA) is 34.9 Å². The highest BCUT2D eigenvalue weighted by Gasteiger charge is 2.19. The molecule has 116 valence electrons. The SMILES string of the molecule is O=Cc1c(-c2cc(F)cc(F)c2)nn(-c2ccc(F)cc2)c1Cl. The van der Waals surface area contributed by atoms with Crippen molar-refractivity contribution in [1.29, 1.82) is 0 Å². The van der Waals surface area contributed by atoms with Crippen molar-refractivity contribution in [3.63, 3.8) is 0 Å². The molecule has 1 heterocycles. The van der Waals surface area contributed by atoms with Gasteiger partial charge in [0.2, 0.25) is 0 Å². The van der Waals surface area contributed by atoms with Gasteiger partial charge in [-0.2, -0.15) is 5.10 Å². The number of carbonyl (C=O) groups excluding carboxylic acids is 1. The van der Waals surface area contributed by atoms with Gasteiger partial charge in [-0.3, -0.25) is 4.79 Å². The molecule has 1 aromatic heterocycles. The van der Waals surface area contributed by atoms with Crippen LogP contribution in [0.2, 0.25) is 5.15 Å². The predicted molar refractivity (Wildman–Crippen MR) is 79.3 cm³/mol. The van der Waals surface area contributed by atoms with E-state index in [4.69, 9.17) is 11.6 Å². The highest BCUT2D eigenvalue weighted by atomic mass is 35.5. The van der Waals surface area contributed by atoms with Gasteiger partial charge in [-0.15, -0.1) is 0 Å². The summed E-state index contributed by atoms with van der Waals surface area (Å²) in [5.41, 5.74) is 0.503. The Morgan fingerprint density at radius 2 is 1.57 bits per heavy atom. The van der Waals surface area contributed by atoms with Crippen LogP contribution in [-0.2, 0) is 0 Å². The molecule has 0 aliphatic rings. The fourth-order valence-electron chi connectivity index (χ4n) is 2.17. The first-order chi connectivity index (χ1) is 11.0. The van der Waals surface area contributed by atoms with E-state index in [-0.39, 0.29) is 22.0 Å². The molecule has 0 fully saturated rings. The van der Waals surface area contributed by atoms with E-state index in [0.29, 0.717) is 18.0 Å². The summed E-state index contributed by atoms with van der Waals surface area (Å²) in [5.74, 6) is -2.05. The lowest BCUT2D eigenvalue weighted by Gasteiger charge is -2.02. The molecule has 2 aromatic carbocycles. The molecule has 0 atom stereocenters. The van der Waals surface area contributed by atoms with Crippen molar-refractivity contribution >= 4 is 17.9 Å². The standard InChI is InChI=1S/C16H8ClF3N2O/c17-16-14(8-23)15(9-5-11(19)7-12(20)6-9)21-22(16)13-3-1-10(18)2-4-13/h1-8H. The molecule has 3 rings (SSSR count). The first-order valence-electron chi connectivity index (χ1n) is 6.45. The van der Waals surface area contributed by atoms with E-state index in [1.54, 1.807) is 0 Å². The zero-order chi connectivity index (χ0) is 16.6. The molecule has 0 unspecified atom stereocenters. The van der Waals surface area contributed by atoms with E-state index in [2.05, 4.69) is 5.10 Å². The van der Waals surface area contributed by atoms with Crippen molar-refractivity contribution in [1.82, 2.24) is 9.78 Å². The van der Waals surface area contributed by atoms with Crippen LogP contribution in [0.25, 0.3) is 16.9 Å². The number of aromatic nitrogens is 2. The summed E-state index contributed by atoms with van der Waals surface area (Å²) in [6.07, 6.45) is 0.452. The maximum absolute atomic E-state index is 13.4. The Bertz CT molecular complexity index is 871. The predicted octanol–water partition coefficient (Wildman–Crippen LogP) is 4.42.